The van der Waals surface area contributed by atoms with E-state index in [2.05, 4.69) is 9.64 Å². The number of rotatable bonds is 2. The van der Waals surface area contributed by atoms with Crippen molar-refractivity contribution in [3.05, 3.63) is 29.3 Å². The molecule has 0 amide bonds. The van der Waals surface area contributed by atoms with Crippen LogP contribution in [0.2, 0.25) is 0 Å². The summed E-state index contributed by atoms with van der Waals surface area (Å²) >= 11 is 0. The first kappa shape index (κ1) is 12.4. The van der Waals surface area contributed by atoms with Crippen LogP contribution in [0.3, 0.4) is 0 Å². The lowest BCUT2D eigenvalue weighted by Crippen LogP contribution is -2.36. The first-order valence-corrected chi connectivity index (χ1v) is 5.71. The Labute approximate surface area is 106 Å². The van der Waals surface area contributed by atoms with Crippen molar-refractivity contribution in [1.29, 1.82) is 5.26 Å². The van der Waals surface area contributed by atoms with Gasteiger partial charge in [-0.1, -0.05) is 0 Å². The summed E-state index contributed by atoms with van der Waals surface area (Å²) in [5.74, 6) is -0.485. The van der Waals surface area contributed by atoms with Crippen molar-refractivity contribution in [1.82, 2.24) is 0 Å². The van der Waals surface area contributed by atoms with Crippen molar-refractivity contribution >= 4 is 11.7 Å². The van der Waals surface area contributed by atoms with Gasteiger partial charge in [-0.15, -0.1) is 0 Å². The largest absolute Gasteiger partial charge is 0.465 e. The molecule has 0 spiro atoms. The number of ether oxygens (including phenoxy) is 2. The van der Waals surface area contributed by atoms with Crippen LogP contribution in [-0.2, 0) is 9.47 Å². The molecule has 1 aliphatic rings. The smallest absolute Gasteiger partial charge is 0.339 e. The third-order valence-corrected chi connectivity index (χ3v) is 2.91. The van der Waals surface area contributed by atoms with Gasteiger partial charge in [0.15, 0.2) is 0 Å². The molecular formula is C13H14N2O3. The molecule has 1 fully saturated rings. The lowest BCUT2D eigenvalue weighted by molar-refractivity contribution is 0.0600. The van der Waals surface area contributed by atoms with Crippen LogP contribution in [0.4, 0.5) is 5.69 Å². The van der Waals surface area contributed by atoms with Crippen LogP contribution in [0, 0.1) is 11.3 Å². The summed E-state index contributed by atoms with van der Waals surface area (Å²) in [7, 11) is 1.31. The molecular weight excluding hydrogens is 232 g/mol. The molecule has 18 heavy (non-hydrogen) atoms. The van der Waals surface area contributed by atoms with Crippen LogP contribution in [0.15, 0.2) is 18.2 Å². The van der Waals surface area contributed by atoms with Gasteiger partial charge < -0.3 is 14.4 Å². The highest BCUT2D eigenvalue weighted by Crippen LogP contribution is 2.21. The lowest BCUT2D eigenvalue weighted by Gasteiger charge is -2.29. The Bertz CT molecular complexity index is 487. The van der Waals surface area contributed by atoms with E-state index in [0.717, 1.165) is 18.8 Å². The molecule has 2 rings (SSSR count). The Morgan fingerprint density at radius 3 is 2.78 bits per heavy atom. The summed E-state index contributed by atoms with van der Waals surface area (Å²) in [4.78, 5) is 13.7. The molecule has 0 atom stereocenters. The number of nitriles is 1. The van der Waals surface area contributed by atoms with E-state index in [1.54, 1.807) is 12.1 Å². The fraction of sp³-hybridized carbons (Fsp3) is 0.385. The number of benzene rings is 1. The molecule has 1 aromatic rings. The van der Waals surface area contributed by atoms with Crippen LogP contribution in [0.25, 0.3) is 0 Å². The summed E-state index contributed by atoms with van der Waals surface area (Å²) in [5.41, 5.74) is 1.56. The van der Waals surface area contributed by atoms with Gasteiger partial charge in [-0.3, -0.25) is 0 Å². The van der Waals surface area contributed by atoms with E-state index in [1.165, 1.54) is 7.11 Å². The quantitative estimate of drug-likeness (QED) is 0.733. The minimum atomic E-state index is -0.485. The summed E-state index contributed by atoms with van der Waals surface area (Å²) in [6.07, 6.45) is 0. The molecule has 0 aliphatic carbocycles. The maximum atomic E-state index is 11.6. The number of nitrogens with zero attached hydrogens (tertiary/aromatic N) is 2. The van der Waals surface area contributed by atoms with Crippen molar-refractivity contribution in [3.8, 4) is 6.07 Å². The zero-order valence-electron chi connectivity index (χ0n) is 10.2. The van der Waals surface area contributed by atoms with E-state index in [4.69, 9.17) is 10.00 Å². The molecule has 0 saturated carbocycles. The summed E-state index contributed by atoms with van der Waals surface area (Å²) in [6.45, 7) is 2.92. The zero-order chi connectivity index (χ0) is 13.0. The standard InChI is InChI=1S/C13H14N2O3/c1-17-13(16)12-8-11(3-2-10(12)9-14)15-4-6-18-7-5-15/h2-3,8H,4-7H2,1H3. The summed E-state index contributed by atoms with van der Waals surface area (Å²) in [6, 6.07) is 7.19. The van der Waals surface area contributed by atoms with Gasteiger partial charge in [-0.05, 0) is 18.2 Å². The number of carbonyl (C=O) groups excluding carboxylic acids is 1. The van der Waals surface area contributed by atoms with Crippen LogP contribution in [0.5, 0.6) is 0 Å². The molecule has 5 nitrogen and oxygen atoms in total. The average Bonchev–Trinajstić information content (AvgIpc) is 2.46. The predicted octanol–water partition coefficient (Wildman–Crippen LogP) is 1.18. The zero-order valence-corrected chi connectivity index (χ0v) is 10.2. The van der Waals surface area contributed by atoms with Gasteiger partial charge >= 0.3 is 5.97 Å². The fourth-order valence-electron chi connectivity index (χ4n) is 1.93. The molecule has 1 saturated heterocycles. The topological polar surface area (TPSA) is 62.6 Å². The molecule has 0 N–H and O–H groups in total. The number of carbonyl (C=O) groups is 1. The SMILES string of the molecule is COC(=O)c1cc(N2CCOCC2)ccc1C#N. The van der Waals surface area contributed by atoms with Gasteiger partial charge in [0, 0.05) is 18.8 Å². The van der Waals surface area contributed by atoms with E-state index in [9.17, 15) is 4.79 Å². The summed E-state index contributed by atoms with van der Waals surface area (Å²) in [5, 5.41) is 8.97. The first-order valence-electron chi connectivity index (χ1n) is 5.71. The van der Waals surface area contributed by atoms with E-state index in [0.29, 0.717) is 24.3 Å². The molecule has 94 valence electrons. The van der Waals surface area contributed by atoms with Crippen molar-refractivity contribution in [2.75, 3.05) is 38.3 Å². The third-order valence-electron chi connectivity index (χ3n) is 2.91. The van der Waals surface area contributed by atoms with Gasteiger partial charge in [-0.2, -0.15) is 5.26 Å². The molecule has 0 aromatic heterocycles. The molecule has 0 unspecified atom stereocenters. The van der Waals surface area contributed by atoms with E-state index in [-0.39, 0.29) is 0 Å². The van der Waals surface area contributed by atoms with Crippen LogP contribution < -0.4 is 4.90 Å². The number of hydrogen-bond donors (Lipinski definition) is 0. The highest BCUT2D eigenvalue weighted by molar-refractivity contribution is 5.93. The van der Waals surface area contributed by atoms with E-state index in [1.807, 2.05) is 12.1 Å². The van der Waals surface area contributed by atoms with Crippen LogP contribution in [-0.4, -0.2) is 39.4 Å². The average molecular weight is 246 g/mol. The highest BCUT2D eigenvalue weighted by Gasteiger charge is 2.16. The molecule has 5 heteroatoms. The second kappa shape index (κ2) is 5.52. The van der Waals surface area contributed by atoms with Gasteiger partial charge in [0.05, 0.1) is 31.5 Å². The lowest BCUT2D eigenvalue weighted by atomic mass is 10.1. The normalized spacial score (nSPS) is 15.0. The molecule has 0 bridgehead atoms. The number of esters is 1. The van der Waals surface area contributed by atoms with Crippen molar-refractivity contribution in [2.24, 2.45) is 0 Å². The second-order valence-electron chi connectivity index (χ2n) is 3.93. The van der Waals surface area contributed by atoms with Gasteiger partial charge in [-0.25, -0.2) is 4.79 Å². The molecule has 0 radical (unpaired) electrons. The minimum Gasteiger partial charge on any atom is -0.465 e. The molecule has 1 aliphatic heterocycles. The number of hydrogen-bond acceptors (Lipinski definition) is 5. The Morgan fingerprint density at radius 1 is 1.44 bits per heavy atom. The fourth-order valence-corrected chi connectivity index (χ4v) is 1.93. The first-order chi connectivity index (χ1) is 8.76. The van der Waals surface area contributed by atoms with Gasteiger partial charge in [0.2, 0.25) is 0 Å². The third kappa shape index (κ3) is 2.44. The van der Waals surface area contributed by atoms with Gasteiger partial charge in [0.25, 0.3) is 0 Å². The van der Waals surface area contributed by atoms with Crippen molar-refractivity contribution in [3.63, 3.8) is 0 Å². The number of anilines is 1. The predicted molar refractivity (Wildman–Crippen MR) is 65.5 cm³/mol. The van der Waals surface area contributed by atoms with Crippen molar-refractivity contribution < 1.29 is 14.3 Å². The second-order valence-corrected chi connectivity index (χ2v) is 3.93. The monoisotopic (exact) mass is 246 g/mol. The molecule has 1 aromatic carbocycles. The Morgan fingerprint density at radius 2 is 2.17 bits per heavy atom. The maximum absolute atomic E-state index is 11.6. The van der Waals surface area contributed by atoms with Crippen LogP contribution >= 0.6 is 0 Å². The van der Waals surface area contributed by atoms with E-state index < -0.39 is 5.97 Å². The Kier molecular flexibility index (Phi) is 3.80. The Balaban J connectivity index is 2.33. The Hall–Kier alpha value is -2.06. The molecule has 1 heterocycles. The number of methoxy groups -OCH3 is 1. The number of morpholine rings is 1. The summed E-state index contributed by atoms with van der Waals surface area (Å²) < 4.78 is 9.97. The van der Waals surface area contributed by atoms with Gasteiger partial charge in [0.1, 0.15) is 6.07 Å². The van der Waals surface area contributed by atoms with Crippen LogP contribution in [0.1, 0.15) is 15.9 Å². The van der Waals surface area contributed by atoms with E-state index >= 15 is 0 Å². The minimum absolute atomic E-state index is 0.309. The highest BCUT2D eigenvalue weighted by atomic mass is 16.5. The maximum Gasteiger partial charge on any atom is 0.339 e. The van der Waals surface area contributed by atoms with Crippen molar-refractivity contribution in [2.45, 2.75) is 0 Å².